The van der Waals surface area contributed by atoms with Gasteiger partial charge in [0.25, 0.3) is 17.9 Å². The first kappa shape index (κ1) is 10.2. The van der Waals surface area contributed by atoms with Crippen LogP contribution in [0, 0.1) is 0 Å². The molecule has 7 heteroatoms. The maximum atomic E-state index is 12.1. The number of aromatic nitrogens is 1. The number of hydrogen-bond donors (Lipinski definition) is 3. The van der Waals surface area contributed by atoms with Crippen molar-refractivity contribution in [2.75, 3.05) is 0 Å². The number of nitrogens with two attached hydrogens (primary N) is 1. The van der Waals surface area contributed by atoms with Crippen LogP contribution in [0.15, 0.2) is 10.9 Å². The third kappa shape index (κ3) is 1.70. The maximum Gasteiger partial charge on any atom is 0.272 e. The summed E-state index contributed by atoms with van der Waals surface area (Å²) in [6.07, 6.45) is -3.11. The number of carbonyl (C=O) groups excluding carboxylic acids is 1. The largest absolute Gasteiger partial charge is 0.507 e. The predicted octanol–water partition coefficient (Wildman–Crippen LogP) is 0.117. The molecule has 14 heavy (non-hydrogen) atoms. The molecule has 0 aliphatic rings. The number of rotatable bonds is 2. The zero-order valence-corrected chi connectivity index (χ0v) is 6.75. The zero-order valence-electron chi connectivity index (χ0n) is 6.75. The van der Waals surface area contributed by atoms with Crippen molar-refractivity contribution in [2.45, 2.75) is 6.43 Å². The van der Waals surface area contributed by atoms with Gasteiger partial charge in [-0.25, -0.2) is 8.78 Å². The van der Waals surface area contributed by atoms with Crippen molar-refractivity contribution in [2.24, 2.45) is 5.73 Å². The Morgan fingerprint density at radius 3 is 2.50 bits per heavy atom. The van der Waals surface area contributed by atoms with E-state index < -0.39 is 34.9 Å². The molecule has 0 atom stereocenters. The lowest BCUT2D eigenvalue weighted by atomic mass is 10.2. The standard InChI is InChI=1S/C7H6F2N2O3/c8-5(9)4-3(12)1-2(6(10)13)11-7(4)14/h1,5H,(H2,10,13)(H2,11,12,14). The van der Waals surface area contributed by atoms with Gasteiger partial charge in [0.1, 0.15) is 17.0 Å². The van der Waals surface area contributed by atoms with E-state index in [4.69, 9.17) is 10.8 Å². The third-order valence-corrected chi connectivity index (χ3v) is 1.53. The van der Waals surface area contributed by atoms with Gasteiger partial charge in [0.05, 0.1) is 0 Å². The van der Waals surface area contributed by atoms with Gasteiger partial charge in [-0.1, -0.05) is 0 Å². The van der Waals surface area contributed by atoms with E-state index in [9.17, 15) is 18.4 Å². The van der Waals surface area contributed by atoms with E-state index in [1.165, 1.54) is 0 Å². The molecule has 0 saturated heterocycles. The van der Waals surface area contributed by atoms with E-state index in [1.54, 1.807) is 0 Å². The van der Waals surface area contributed by atoms with Gasteiger partial charge >= 0.3 is 0 Å². The monoisotopic (exact) mass is 204 g/mol. The lowest BCUT2D eigenvalue weighted by Crippen LogP contribution is -2.21. The molecule has 0 fully saturated rings. The SMILES string of the molecule is NC(=O)c1cc(O)c(C(F)F)c(=O)[nH]1. The average Bonchev–Trinajstić information content (AvgIpc) is 2.01. The van der Waals surface area contributed by atoms with Crippen LogP contribution < -0.4 is 11.3 Å². The van der Waals surface area contributed by atoms with Gasteiger partial charge < -0.3 is 15.8 Å². The molecule has 1 amide bonds. The molecule has 1 aromatic rings. The molecule has 5 nitrogen and oxygen atoms in total. The van der Waals surface area contributed by atoms with E-state index in [1.807, 2.05) is 4.98 Å². The molecule has 1 heterocycles. The number of aromatic amines is 1. The van der Waals surface area contributed by atoms with Crippen molar-refractivity contribution in [1.29, 1.82) is 0 Å². The number of hydrogen-bond acceptors (Lipinski definition) is 3. The predicted molar refractivity (Wildman–Crippen MR) is 42.2 cm³/mol. The van der Waals surface area contributed by atoms with Crippen molar-refractivity contribution in [3.8, 4) is 5.75 Å². The number of nitrogens with one attached hydrogen (secondary N) is 1. The van der Waals surface area contributed by atoms with Gasteiger partial charge in [0, 0.05) is 6.07 Å². The molecule has 0 bridgehead atoms. The van der Waals surface area contributed by atoms with Crippen molar-refractivity contribution < 1.29 is 18.7 Å². The fraction of sp³-hybridized carbons (Fsp3) is 0.143. The summed E-state index contributed by atoms with van der Waals surface area (Å²) in [4.78, 5) is 23.3. The fourth-order valence-corrected chi connectivity index (χ4v) is 0.900. The molecule has 1 aromatic heterocycles. The third-order valence-electron chi connectivity index (χ3n) is 1.53. The highest BCUT2D eigenvalue weighted by Gasteiger charge is 2.19. The van der Waals surface area contributed by atoms with Gasteiger partial charge in [-0.3, -0.25) is 9.59 Å². The summed E-state index contributed by atoms with van der Waals surface area (Å²) in [7, 11) is 0. The number of aromatic hydroxyl groups is 1. The second kappa shape index (κ2) is 3.44. The molecule has 0 spiro atoms. The van der Waals surface area contributed by atoms with Gasteiger partial charge in [-0.05, 0) is 0 Å². The highest BCUT2D eigenvalue weighted by Crippen LogP contribution is 2.24. The van der Waals surface area contributed by atoms with E-state index in [2.05, 4.69) is 0 Å². The number of halogens is 2. The fourth-order valence-electron chi connectivity index (χ4n) is 0.900. The smallest absolute Gasteiger partial charge is 0.272 e. The molecular formula is C7H6F2N2O3. The Labute approximate surface area is 76.2 Å². The van der Waals surface area contributed by atoms with Crippen LogP contribution in [0.5, 0.6) is 5.75 Å². The highest BCUT2D eigenvalue weighted by atomic mass is 19.3. The van der Waals surface area contributed by atoms with E-state index in [0.29, 0.717) is 6.07 Å². The lowest BCUT2D eigenvalue weighted by Gasteiger charge is -2.03. The quantitative estimate of drug-likeness (QED) is 0.638. The van der Waals surface area contributed by atoms with Crippen LogP contribution in [0.3, 0.4) is 0 Å². The summed E-state index contributed by atoms with van der Waals surface area (Å²) in [5.74, 6) is -1.96. The van der Waals surface area contributed by atoms with Gasteiger partial charge in [0.15, 0.2) is 0 Å². The molecule has 1 rings (SSSR count). The van der Waals surface area contributed by atoms with Crippen LogP contribution in [0.1, 0.15) is 22.5 Å². The Balaban J connectivity index is 3.40. The van der Waals surface area contributed by atoms with Crippen molar-refractivity contribution in [1.82, 2.24) is 4.98 Å². The number of carbonyl (C=O) groups is 1. The first-order valence-corrected chi connectivity index (χ1v) is 3.47. The number of H-pyrrole nitrogens is 1. The van der Waals surface area contributed by atoms with Crippen LogP contribution in [0.2, 0.25) is 0 Å². The van der Waals surface area contributed by atoms with Crippen molar-refractivity contribution in [3.05, 3.63) is 27.7 Å². The topological polar surface area (TPSA) is 96.2 Å². The highest BCUT2D eigenvalue weighted by molar-refractivity contribution is 5.91. The van der Waals surface area contributed by atoms with E-state index in [0.717, 1.165) is 0 Å². The number of primary amides is 1. The molecule has 0 radical (unpaired) electrons. The first-order chi connectivity index (χ1) is 6.43. The van der Waals surface area contributed by atoms with Crippen LogP contribution in [-0.2, 0) is 0 Å². The van der Waals surface area contributed by atoms with E-state index >= 15 is 0 Å². The second-order valence-electron chi connectivity index (χ2n) is 2.48. The van der Waals surface area contributed by atoms with Crippen LogP contribution in [-0.4, -0.2) is 16.0 Å². The average molecular weight is 204 g/mol. The summed E-state index contributed by atoms with van der Waals surface area (Å²) in [6.45, 7) is 0. The Hall–Kier alpha value is -1.92. The Morgan fingerprint density at radius 1 is 1.57 bits per heavy atom. The minimum Gasteiger partial charge on any atom is -0.507 e. The summed E-state index contributed by atoms with van der Waals surface area (Å²) in [5, 5.41) is 8.98. The number of amides is 1. The van der Waals surface area contributed by atoms with Gasteiger partial charge in [-0.15, -0.1) is 0 Å². The summed E-state index contributed by atoms with van der Waals surface area (Å²) < 4.78 is 24.3. The van der Waals surface area contributed by atoms with Crippen LogP contribution in [0.4, 0.5) is 8.78 Å². The summed E-state index contributed by atoms with van der Waals surface area (Å²) in [6, 6.07) is 0.686. The Morgan fingerprint density at radius 2 is 2.14 bits per heavy atom. The maximum absolute atomic E-state index is 12.1. The second-order valence-corrected chi connectivity index (χ2v) is 2.48. The zero-order chi connectivity index (χ0) is 10.9. The van der Waals surface area contributed by atoms with Crippen LogP contribution >= 0.6 is 0 Å². The first-order valence-electron chi connectivity index (χ1n) is 3.47. The summed E-state index contributed by atoms with van der Waals surface area (Å²) >= 11 is 0. The molecule has 0 aliphatic heterocycles. The van der Waals surface area contributed by atoms with Crippen LogP contribution in [0.25, 0.3) is 0 Å². The minimum atomic E-state index is -3.11. The number of alkyl halides is 2. The lowest BCUT2D eigenvalue weighted by molar-refractivity contribution is 0.0993. The van der Waals surface area contributed by atoms with Gasteiger partial charge in [-0.2, -0.15) is 0 Å². The number of pyridine rings is 1. The molecule has 0 aromatic carbocycles. The minimum absolute atomic E-state index is 0.420. The van der Waals surface area contributed by atoms with Crippen molar-refractivity contribution >= 4 is 5.91 Å². The molecule has 0 aliphatic carbocycles. The van der Waals surface area contributed by atoms with Gasteiger partial charge in [0.2, 0.25) is 0 Å². The van der Waals surface area contributed by atoms with Crippen molar-refractivity contribution in [3.63, 3.8) is 0 Å². The van der Waals surface area contributed by atoms with E-state index in [-0.39, 0.29) is 0 Å². The Kier molecular flexibility index (Phi) is 2.50. The molecular weight excluding hydrogens is 198 g/mol. The summed E-state index contributed by atoms with van der Waals surface area (Å²) in [5.41, 5.74) is 2.05. The Bertz CT molecular complexity index is 427. The molecule has 0 unspecified atom stereocenters. The molecule has 76 valence electrons. The molecule has 0 saturated carbocycles. The normalized spacial score (nSPS) is 10.5. The molecule has 4 N–H and O–H groups in total.